The Morgan fingerprint density at radius 2 is 1.93 bits per heavy atom. The predicted octanol–water partition coefficient (Wildman–Crippen LogP) is 3.50. The van der Waals surface area contributed by atoms with E-state index in [1.54, 1.807) is 12.4 Å². The fourth-order valence-corrected chi connectivity index (χ4v) is 3.74. The molecule has 1 aromatic carbocycles. The average Bonchev–Trinajstić information content (AvgIpc) is 2.69. The van der Waals surface area contributed by atoms with Crippen molar-refractivity contribution in [1.29, 1.82) is 0 Å². The Labute approximate surface area is 159 Å². The van der Waals surface area contributed by atoms with E-state index in [0.29, 0.717) is 18.7 Å². The van der Waals surface area contributed by atoms with Crippen LogP contribution in [-0.2, 0) is 0 Å². The molecule has 3 aromatic rings. The molecule has 0 bridgehead atoms. The van der Waals surface area contributed by atoms with Crippen molar-refractivity contribution in [2.24, 2.45) is 11.1 Å². The van der Waals surface area contributed by atoms with E-state index in [-0.39, 0.29) is 17.4 Å². The number of fused-ring (bicyclic) bond motifs is 1. The lowest BCUT2D eigenvalue weighted by atomic mass is 9.79. The summed E-state index contributed by atoms with van der Waals surface area (Å²) in [7, 11) is 0. The van der Waals surface area contributed by atoms with Gasteiger partial charge in [-0.1, -0.05) is 32.0 Å². The third-order valence-electron chi connectivity index (χ3n) is 5.52. The number of amides is 1. The van der Waals surface area contributed by atoms with E-state index in [2.05, 4.69) is 18.8 Å². The number of benzene rings is 1. The van der Waals surface area contributed by atoms with Crippen LogP contribution >= 0.6 is 0 Å². The molecule has 5 heteroatoms. The summed E-state index contributed by atoms with van der Waals surface area (Å²) in [5, 5.41) is 0.882. The third-order valence-corrected chi connectivity index (χ3v) is 5.52. The van der Waals surface area contributed by atoms with Gasteiger partial charge >= 0.3 is 0 Å². The number of pyridine rings is 2. The van der Waals surface area contributed by atoms with E-state index in [1.165, 1.54) is 0 Å². The first-order chi connectivity index (χ1) is 13.0. The summed E-state index contributed by atoms with van der Waals surface area (Å²) in [6.07, 6.45) is 4.30. The Bertz CT molecular complexity index is 984. The molecular formula is C22H24N4O. The first-order valence-electron chi connectivity index (χ1n) is 9.31. The topological polar surface area (TPSA) is 72.1 Å². The molecule has 1 atom stereocenters. The molecule has 1 saturated heterocycles. The summed E-state index contributed by atoms with van der Waals surface area (Å²) in [4.78, 5) is 24.2. The highest BCUT2D eigenvalue weighted by atomic mass is 16.2. The summed E-state index contributed by atoms with van der Waals surface area (Å²) in [5.74, 6) is 0.0453. The Hall–Kier alpha value is -2.79. The van der Waals surface area contributed by atoms with Crippen LogP contribution in [0.1, 0.15) is 30.6 Å². The molecule has 1 fully saturated rings. The molecule has 1 unspecified atom stereocenters. The van der Waals surface area contributed by atoms with Gasteiger partial charge in [-0.05, 0) is 36.1 Å². The Kier molecular flexibility index (Phi) is 4.40. The van der Waals surface area contributed by atoms with Crippen molar-refractivity contribution in [2.75, 3.05) is 13.1 Å². The molecule has 138 valence electrons. The molecule has 1 aliphatic heterocycles. The van der Waals surface area contributed by atoms with Crippen LogP contribution in [0.3, 0.4) is 0 Å². The first kappa shape index (κ1) is 17.6. The zero-order valence-corrected chi connectivity index (χ0v) is 15.7. The summed E-state index contributed by atoms with van der Waals surface area (Å²) < 4.78 is 0. The van der Waals surface area contributed by atoms with Crippen LogP contribution in [0, 0.1) is 5.41 Å². The monoisotopic (exact) mass is 360 g/mol. The minimum Gasteiger partial charge on any atom is -0.338 e. The fourth-order valence-electron chi connectivity index (χ4n) is 3.74. The number of hydrogen-bond donors (Lipinski definition) is 1. The van der Waals surface area contributed by atoms with Gasteiger partial charge < -0.3 is 10.6 Å². The zero-order chi connectivity index (χ0) is 19.0. The van der Waals surface area contributed by atoms with Gasteiger partial charge in [0.15, 0.2) is 0 Å². The number of carbonyl (C=O) groups is 1. The second-order valence-corrected chi connectivity index (χ2v) is 7.92. The van der Waals surface area contributed by atoms with Gasteiger partial charge in [-0.15, -0.1) is 0 Å². The number of para-hydroxylation sites is 1. The number of carbonyl (C=O) groups excluding carboxylic acids is 1. The quantitative estimate of drug-likeness (QED) is 0.759. The molecule has 4 rings (SSSR count). The number of piperidine rings is 1. The van der Waals surface area contributed by atoms with Crippen molar-refractivity contribution < 1.29 is 4.79 Å². The second-order valence-electron chi connectivity index (χ2n) is 7.92. The molecule has 1 amide bonds. The lowest BCUT2D eigenvalue weighted by Gasteiger charge is -2.42. The van der Waals surface area contributed by atoms with Gasteiger partial charge in [0.1, 0.15) is 0 Å². The molecule has 0 aliphatic carbocycles. The molecule has 27 heavy (non-hydrogen) atoms. The van der Waals surface area contributed by atoms with Gasteiger partial charge in [-0.3, -0.25) is 9.78 Å². The molecule has 0 spiro atoms. The normalized spacial score (nSPS) is 19.2. The minimum absolute atomic E-state index is 0.0453. The molecule has 3 heterocycles. The van der Waals surface area contributed by atoms with Crippen molar-refractivity contribution in [3.05, 3.63) is 60.4 Å². The molecule has 1 aliphatic rings. The van der Waals surface area contributed by atoms with E-state index in [1.807, 2.05) is 47.4 Å². The van der Waals surface area contributed by atoms with Gasteiger partial charge in [-0.2, -0.15) is 0 Å². The molecule has 0 radical (unpaired) electrons. The van der Waals surface area contributed by atoms with Crippen molar-refractivity contribution in [3.63, 3.8) is 0 Å². The SMILES string of the molecule is CC1(C)CN(C(=O)c2cc(-c3ccncc3)nc3ccccc23)CCC1N. The highest BCUT2D eigenvalue weighted by Crippen LogP contribution is 2.31. The molecular weight excluding hydrogens is 336 g/mol. The Balaban J connectivity index is 1.79. The van der Waals surface area contributed by atoms with E-state index < -0.39 is 0 Å². The highest BCUT2D eigenvalue weighted by Gasteiger charge is 2.36. The Morgan fingerprint density at radius 3 is 2.67 bits per heavy atom. The van der Waals surface area contributed by atoms with E-state index >= 15 is 0 Å². The molecule has 2 aromatic heterocycles. The van der Waals surface area contributed by atoms with Crippen LogP contribution in [0.2, 0.25) is 0 Å². The summed E-state index contributed by atoms with van der Waals surface area (Å²) in [5.41, 5.74) is 9.41. The molecule has 5 nitrogen and oxygen atoms in total. The lowest BCUT2D eigenvalue weighted by Crippen LogP contribution is -2.54. The second kappa shape index (κ2) is 6.74. The fraction of sp³-hybridized carbons (Fsp3) is 0.318. The van der Waals surface area contributed by atoms with Crippen LogP contribution in [0.15, 0.2) is 54.9 Å². The third kappa shape index (κ3) is 3.30. The highest BCUT2D eigenvalue weighted by molar-refractivity contribution is 6.07. The maximum Gasteiger partial charge on any atom is 0.254 e. The van der Waals surface area contributed by atoms with Crippen molar-refractivity contribution in [2.45, 2.75) is 26.3 Å². The van der Waals surface area contributed by atoms with Crippen LogP contribution in [0.5, 0.6) is 0 Å². The lowest BCUT2D eigenvalue weighted by molar-refractivity contribution is 0.0535. The summed E-state index contributed by atoms with van der Waals surface area (Å²) >= 11 is 0. The average molecular weight is 360 g/mol. The summed E-state index contributed by atoms with van der Waals surface area (Å²) in [6, 6.07) is 13.7. The van der Waals surface area contributed by atoms with Crippen LogP contribution in [-0.4, -0.2) is 39.9 Å². The number of nitrogens with two attached hydrogens (primary N) is 1. The zero-order valence-electron chi connectivity index (χ0n) is 15.7. The van der Waals surface area contributed by atoms with Gasteiger partial charge in [0.2, 0.25) is 0 Å². The standard InChI is InChI=1S/C22H24N4O/c1-22(2)14-26(12-9-20(22)23)21(27)17-13-19(15-7-10-24-11-8-15)25-18-6-4-3-5-16(17)18/h3-8,10-11,13,20H,9,12,14,23H2,1-2H3. The van der Waals surface area contributed by atoms with E-state index in [4.69, 9.17) is 10.7 Å². The number of nitrogens with zero attached hydrogens (tertiary/aromatic N) is 3. The van der Waals surface area contributed by atoms with Crippen molar-refractivity contribution >= 4 is 16.8 Å². The van der Waals surface area contributed by atoms with Gasteiger partial charge in [-0.25, -0.2) is 4.98 Å². The number of likely N-dealkylation sites (tertiary alicyclic amines) is 1. The predicted molar refractivity (Wildman–Crippen MR) is 107 cm³/mol. The molecule has 2 N–H and O–H groups in total. The maximum atomic E-state index is 13.4. The van der Waals surface area contributed by atoms with Crippen LogP contribution in [0.4, 0.5) is 0 Å². The smallest absolute Gasteiger partial charge is 0.254 e. The van der Waals surface area contributed by atoms with Crippen molar-refractivity contribution in [3.8, 4) is 11.3 Å². The van der Waals surface area contributed by atoms with Crippen molar-refractivity contribution in [1.82, 2.24) is 14.9 Å². The van der Waals surface area contributed by atoms with E-state index in [9.17, 15) is 4.79 Å². The largest absolute Gasteiger partial charge is 0.338 e. The number of hydrogen-bond acceptors (Lipinski definition) is 4. The molecule has 0 saturated carbocycles. The van der Waals surface area contributed by atoms with Gasteiger partial charge in [0.05, 0.1) is 16.8 Å². The number of aromatic nitrogens is 2. The van der Waals surface area contributed by atoms with Crippen LogP contribution in [0.25, 0.3) is 22.2 Å². The van der Waals surface area contributed by atoms with Gasteiger partial charge in [0.25, 0.3) is 5.91 Å². The summed E-state index contributed by atoms with van der Waals surface area (Å²) in [6.45, 7) is 5.60. The number of rotatable bonds is 2. The van der Waals surface area contributed by atoms with E-state index in [0.717, 1.165) is 28.6 Å². The van der Waals surface area contributed by atoms with Gasteiger partial charge in [0, 0.05) is 42.5 Å². The maximum absolute atomic E-state index is 13.4. The first-order valence-corrected chi connectivity index (χ1v) is 9.31. The minimum atomic E-state index is -0.0926. The van der Waals surface area contributed by atoms with Crippen LogP contribution < -0.4 is 5.73 Å². The Morgan fingerprint density at radius 1 is 1.19 bits per heavy atom.